The predicted molar refractivity (Wildman–Crippen MR) is 113 cm³/mol. The molecule has 1 saturated heterocycles. The van der Waals surface area contributed by atoms with Crippen molar-refractivity contribution < 1.29 is 33.1 Å². The minimum Gasteiger partial charge on any atom is -0.504 e. The standard InChI is InChI=1S/C20H20F3N3O5.ClH/c21-20(22,23)14-2-1-3-15(12-14)25-8-6-24(7-9-25)5-4-17(27)13-10-16(26(30)31)19(29)18(28)11-13;/h1-3,10-12,28-29H,4-9H2;1H. The van der Waals surface area contributed by atoms with E-state index in [4.69, 9.17) is 0 Å². The molecule has 0 spiro atoms. The maximum absolute atomic E-state index is 12.9. The molecule has 12 heteroatoms. The molecular formula is C20H21ClF3N3O5. The van der Waals surface area contributed by atoms with Crippen LogP contribution >= 0.6 is 12.4 Å². The van der Waals surface area contributed by atoms with E-state index in [2.05, 4.69) is 0 Å². The van der Waals surface area contributed by atoms with E-state index in [1.165, 1.54) is 6.07 Å². The Balaban J connectivity index is 0.00000363. The molecule has 32 heavy (non-hydrogen) atoms. The molecule has 0 aromatic heterocycles. The summed E-state index contributed by atoms with van der Waals surface area (Å²) in [6, 6.07) is 7.04. The largest absolute Gasteiger partial charge is 0.504 e. The number of alkyl halides is 3. The van der Waals surface area contributed by atoms with Gasteiger partial charge in [0, 0.05) is 56.5 Å². The van der Waals surface area contributed by atoms with Gasteiger partial charge >= 0.3 is 11.9 Å². The summed E-state index contributed by atoms with van der Waals surface area (Å²) in [7, 11) is 0. The molecule has 1 heterocycles. The van der Waals surface area contributed by atoms with Crippen LogP contribution in [0.2, 0.25) is 0 Å². The van der Waals surface area contributed by atoms with E-state index < -0.39 is 39.6 Å². The zero-order valence-electron chi connectivity index (χ0n) is 16.7. The van der Waals surface area contributed by atoms with Crippen LogP contribution < -0.4 is 4.90 Å². The number of phenolic OH excluding ortho intramolecular Hbond substituents is 2. The quantitative estimate of drug-likeness (QED) is 0.283. The first-order valence-electron chi connectivity index (χ1n) is 9.44. The van der Waals surface area contributed by atoms with Crippen molar-refractivity contribution in [2.45, 2.75) is 12.6 Å². The Kier molecular flexibility index (Phi) is 7.92. The Hall–Kier alpha value is -3.05. The van der Waals surface area contributed by atoms with Crippen LogP contribution in [0.1, 0.15) is 22.3 Å². The fourth-order valence-corrected chi connectivity index (χ4v) is 3.42. The Morgan fingerprint density at radius 1 is 1.09 bits per heavy atom. The smallest absolute Gasteiger partial charge is 0.416 e. The van der Waals surface area contributed by atoms with E-state index in [9.17, 15) is 38.3 Å². The third-order valence-corrected chi connectivity index (χ3v) is 5.15. The van der Waals surface area contributed by atoms with Crippen molar-refractivity contribution in [2.75, 3.05) is 37.6 Å². The Labute approximate surface area is 187 Å². The second kappa shape index (κ2) is 10.0. The number of nitrogens with zero attached hydrogens (tertiary/aromatic N) is 3. The Morgan fingerprint density at radius 2 is 1.75 bits per heavy atom. The molecule has 1 aliphatic heterocycles. The third kappa shape index (κ3) is 5.80. The van der Waals surface area contributed by atoms with Crippen LogP contribution in [-0.2, 0) is 6.18 Å². The first-order valence-corrected chi connectivity index (χ1v) is 9.44. The van der Waals surface area contributed by atoms with Crippen LogP contribution in [0.3, 0.4) is 0 Å². The molecule has 0 amide bonds. The van der Waals surface area contributed by atoms with Gasteiger partial charge in [-0.15, -0.1) is 12.4 Å². The lowest BCUT2D eigenvalue weighted by Gasteiger charge is -2.36. The summed E-state index contributed by atoms with van der Waals surface area (Å²) < 4.78 is 38.7. The highest BCUT2D eigenvalue weighted by Crippen LogP contribution is 2.36. The third-order valence-electron chi connectivity index (χ3n) is 5.15. The van der Waals surface area contributed by atoms with Crippen molar-refractivity contribution >= 4 is 29.6 Å². The maximum Gasteiger partial charge on any atom is 0.416 e. The zero-order chi connectivity index (χ0) is 22.8. The van der Waals surface area contributed by atoms with Gasteiger partial charge in [0.1, 0.15) is 0 Å². The Bertz CT molecular complexity index is 995. The van der Waals surface area contributed by atoms with E-state index in [1.807, 2.05) is 9.80 Å². The van der Waals surface area contributed by atoms with Gasteiger partial charge in [-0.25, -0.2) is 0 Å². The van der Waals surface area contributed by atoms with Crippen LogP contribution in [0.15, 0.2) is 36.4 Å². The molecule has 174 valence electrons. The minimum atomic E-state index is -4.41. The van der Waals surface area contributed by atoms with Crippen molar-refractivity contribution in [3.63, 3.8) is 0 Å². The summed E-state index contributed by atoms with van der Waals surface area (Å²) in [6.07, 6.45) is -4.37. The molecule has 3 rings (SSSR count). The molecule has 0 radical (unpaired) electrons. The maximum atomic E-state index is 12.9. The number of anilines is 1. The van der Waals surface area contributed by atoms with Gasteiger partial charge in [-0.05, 0) is 24.3 Å². The summed E-state index contributed by atoms with van der Waals surface area (Å²) in [6.45, 7) is 2.39. The van der Waals surface area contributed by atoms with E-state index in [0.29, 0.717) is 38.4 Å². The lowest BCUT2D eigenvalue weighted by atomic mass is 10.1. The highest BCUT2D eigenvalue weighted by atomic mass is 35.5. The van der Waals surface area contributed by atoms with Crippen LogP contribution in [0.5, 0.6) is 11.5 Å². The van der Waals surface area contributed by atoms with E-state index in [0.717, 1.165) is 24.3 Å². The summed E-state index contributed by atoms with van der Waals surface area (Å²) in [5.41, 5.74) is -1.05. The first-order chi connectivity index (χ1) is 14.6. The van der Waals surface area contributed by atoms with Crippen LogP contribution in [0.25, 0.3) is 0 Å². The minimum absolute atomic E-state index is 0. The van der Waals surface area contributed by atoms with Crippen molar-refractivity contribution in [3.05, 3.63) is 57.6 Å². The predicted octanol–water partition coefficient (Wildman–Crippen LogP) is 3.84. The summed E-state index contributed by atoms with van der Waals surface area (Å²) >= 11 is 0. The lowest BCUT2D eigenvalue weighted by Crippen LogP contribution is -2.47. The number of rotatable bonds is 6. The molecule has 0 unspecified atom stereocenters. The van der Waals surface area contributed by atoms with Crippen molar-refractivity contribution in [1.82, 2.24) is 4.90 Å². The number of nitro groups is 1. The monoisotopic (exact) mass is 475 g/mol. The van der Waals surface area contributed by atoms with Crippen molar-refractivity contribution in [1.29, 1.82) is 0 Å². The first kappa shape index (κ1) is 25.2. The summed E-state index contributed by atoms with van der Waals surface area (Å²) in [4.78, 5) is 26.2. The molecule has 8 nitrogen and oxygen atoms in total. The lowest BCUT2D eigenvalue weighted by molar-refractivity contribution is -0.386. The average molecular weight is 476 g/mol. The Morgan fingerprint density at radius 3 is 2.34 bits per heavy atom. The molecule has 2 aromatic rings. The van der Waals surface area contributed by atoms with E-state index in [1.54, 1.807) is 6.07 Å². The number of carbonyl (C=O) groups excluding carboxylic acids is 1. The fraction of sp³-hybridized carbons (Fsp3) is 0.350. The normalized spacial score (nSPS) is 14.7. The van der Waals surface area contributed by atoms with E-state index in [-0.39, 0.29) is 24.4 Å². The number of hydrogen-bond donors (Lipinski definition) is 2. The molecule has 2 N–H and O–H groups in total. The number of carbonyl (C=O) groups is 1. The summed E-state index contributed by atoms with van der Waals surface area (Å²) in [5, 5.41) is 30.0. The molecule has 0 atom stereocenters. The molecule has 0 saturated carbocycles. The van der Waals surface area contributed by atoms with Crippen molar-refractivity contribution in [2.24, 2.45) is 0 Å². The average Bonchev–Trinajstić information content (AvgIpc) is 2.73. The van der Waals surface area contributed by atoms with Gasteiger partial charge < -0.3 is 15.1 Å². The number of aromatic hydroxyl groups is 2. The van der Waals surface area contributed by atoms with Crippen LogP contribution in [0.4, 0.5) is 24.5 Å². The number of benzene rings is 2. The van der Waals surface area contributed by atoms with Crippen LogP contribution in [-0.4, -0.2) is 58.5 Å². The zero-order valence-corrected chi connectivity index (χ0v) is 17.5. The van der Waals surface area contributed by atoms with Crippen molar-refractivity contribution in [3.8, 4) is 11.5 Å². The number of halogens is 4. The van der Waals surface area contributed by atoms with Gasteiger partial charge in [0.2, 0.25) is 5.75 Å². The number of piperazine rings is 1. The number of ketones is 1. The highest BCUT2D eigenvalue weighted by Gasteiger charge is 2.31. The molecule has 1 fully saturated rings. The number of phenols is 2. The topological polar surface area (TPSA) is 107 Å². The van der Waals surface area contributed by atoms with Gasteiger partial charge in [0.15, 0.2) is 11.5 Å². The second-order valence-corrected chi connectivity index (χ2v) is 7.17. The van der Waals surface area contributed by atoms with E-state index >= 15 is 0 Å². The number of Topliss-reactive ketones (excluding diaryl/α,β-unsaturated/α-hetero) is 1. The molecule has 0 aliphatic carbocycles. The van der Waals surface area contributed by atoms with Gasteiger partial charge in [0.05, 0.1) is 10.5 Å². The van der Waals surface area contributed by atoms with Gasteiger partial charge in [-0.2, -0.15) is 13.2 Å². The molecule has 0 bridgehead atoms. The fourth-order valence-electron chi connectivity index (χ4n) is 3.42. The van der Waals surface area contributed by atoms with Gasteiger partial charge in [-0.1, -0.05) is 6.07 Å². The number of hydrogen-bond acceptors (Lipinski definition) is 7. The molecular weight excluding hydrogens is 455 g/mol. The second-order valence-electron chi connectivity index (χ2n) is 7.17. The van der Waals surface area contributed by atoms with Gasteiger partial charge in [-0.3, -0.25) is 19.8 Å². The highest BCUT2D eigenvalue weighted by molar-refractivity contribution is 5.97. The SMILES string of the molecule is Cl.O=C(CCN1CCN(c2cccc(C(F)(F)F)c2)CC1)c1cc(O)c(O)c([N+](=O)[O-])c1. The number of nitro benzene ring substituents is 1. The van der Waals surface area contributed by atoms with Gasteiger partial charge in [0.25, 0.3) is 0 Å². The van der Waals surface area contributed by atoms with Crippen LogP contribution in [0, 0.1) is 10.1 Å². The summed E-state index contributed by atoms with van der Waals surface area (Å²) in [5.74, 6) is -2.07. The molecule has 1 aliphatic rings. The molecule has 2 aromatic carbocycles.